The van der Waals surface area contributed by atoms with Gasteiger partial charge in [-0.05, 0) is 6.42 Å². The molecule has 40 valence electrons. The quantitative estimate of drug-likeness (QED) is 0.460. The van der Waals surface area contributed by atoms with Crippen LogP contribution in [0.3, 0.4) is 0 Å². The van der Waals surface area contributed by atoms with Crippen molar-refractivity contribution in [2.24, 2.45) is 0 Å². The summed E-state index contributed by atoms with van der Waals surface area (Å²) in [5, 5.41) is -0.211. The molecule has 1 aliphatic heterocycles. The zero-order valence-electron chi connectivity index (χ0n) is 4.72. The predicted molar refractivity (Wildman–Crippen MR) is 27.5 cm³/mol. The first-order valence-electron chi connectivity index (χ1n) is 2.52. The summed E-state index contributed by atoms with van der Waals surface area (Å²) in [6, 6.07) is 0. The minimum atomic E-state index is -3.10. The maximum atomic E-state index is 10.5. The molecule has 0 aromatic heterocycles. The lowest BCUT2D eigenvalue weighted by Gasteiger charge is -1.79. The third kappa shape index (κ3) is 1.03. The van der Waals surface area contributed by atoms with Crippen LogP contribution in [0.25, 0.3) is 0 Å². The Bertz CT molecular complexity index is 214. The van der Waals surface area contributed by atoms with Gasteiger partial charge in [-0.15, -0.1) is 0 Å². The first kappa shape index (κ1) is 3.66. The first-order chi connectivity index (χ1) is 3.63. The zero-order chi connectivity index (χ0) is 6.20. The van der Waals surface area contributed by atoms with E-state index < -0.39 is 9.84 Å². The molecule has 0 fully saturated rings. The van der Waals surface area contributed by atoms with Crippen molar-refractivity contribution in [2.45, 2.75) is 6.42 Å². The molecule has 0 atom stereocenters. The monoisotopic (exact) mass is 119 g/mol. The van der Waals surface area contributed by atoms with Crippen LogP contribution in [0.15, 0.2) is 11.5 Å². The van der Waals surface area contributed by atoms with Crippen LogP contribution >= 0.6 is 0 Å². The van der Waals surface area contributed by atoms with Gasteiger partial charge in [0.25, 0.3) is 0 Å². The molecule has 1 aliphatic rings. The number of rotatable bonds is 0. The number of allylic oxidation sites excluding steroid dienone is 1. The molecule has 0 saturated heterocycles. The lowest BCUT2D eigenvalue weighted by molar-refractivity contribution is 0.606. The van der Waals surface area contributed by atoms with Gasteiger partial charge in [-0.1, -0.05) is 6.08 Å². The van der Waals surface area contributed by atoms with Gasteiger partial charge in [-0.3, -0.25) is 0 Å². The predicted octanol–water partition coefficient (Wildman–Crippen LogP) is 0.319. The third-order valence-electron chi connectivity index (χ3n) is 0.794. The molecule has 0 aromatic rings. The smallest absolute Gasteiger partial charge is 0.171 e. The van der Waals surface area contributed by atoms with Crippen LogP contribution in [0.1, 0.15) is 7.79 Å². The van der Waals surface area contributed by atoms with Gasteiger partial charge in [0.15, 0.2) is 9.84 Å². The topological polar surface area (TPSA) is 34.1 Å². The van der Waals surface area contributed by atoms with Crippen molar-refractivity contribution in [2.75, 3.05) is 5.75 Å². The summed E-state index contributed by atoms with van der Waals surface area (Å²) in [6.45, 7) is 0. The molecule has 0 N–H and O–H groups in total. The average Bonchev–Trinajstić information content (AvgIpc) is 1.86. The van der Waals surface area contributed by atoms with E-state index in [1.165, 1.54) is 6.08 Å². The van der Waals surface area contributed by atoms with E-state index in [2.05, 4.69) is 0 Å². The normalized spacial score (nSPS) is 29.1. The molecule has 0 radical (unpaired) electrons. The lowest BCUT2D eigenvalue weighted by Crippen LogP contribution is -1.92. The van der Waals surface area contributed by atoms with Crippen LogP contribution in [-0.4, -0.2) is 14.2 Å². The second-order valence-corrected chi connectivity index (χ2v) is 3.30. The highest BCUT2D eigenvalue weighted by Crippen LogP contribution is 2.04. The van der Waals surface area contributed by atoms with Crippen LogP contribution in [0.4, 0.5) is 0 Å². The van der Waals surface area contributed by atoms with E-state index in [-0.39, 0.29) is 11.1 Å². The molecule has 0 aromatic carbocycles. The van der Waals surface area contributed by atoms with Crippen LogP contribution in [0.5, 0.6) is 0 Å². The number of hydrogen-bond acceptors (Lipinski definition) is 2. The fourth-order valence-corrected chi connectivity index (χ4v) is 1.38. The Hall–Kier alpha value is -0.310. The Morgan fingerprint density at radius 2 is 2.43 bits per heavy atom. The van der Waals surface area contributed by atoms with Crippen molar-refractivity contribution in [3.63, 3.8) is 0 Å². The molecule has 0 spiro atoms. The van der Waals surface area contributed by atoms with Crippen molar-refractivity contribution >= 4 is 9.84 Å². The molecule has 2 nitrogen and oxygen atoms in total. The summed E-state index contributed by atoms with van der Waals surface area (Å²) in [7, 11) is -3.10. The summed E-state index contributed by atoms with van der Waals surface area (Å²) < 4.78 is 27.8. The van der Waals surface area contributed by atoms with Gasteiger partial charge in [0.1, 0.15) is 0 Å². The molecular formula is C4H6O2S. The van der Waals surface area contributed by atoms with Crippen molar-refractivity contribution < 1.29 is 9.79 Å². The van der Waals surface area contributed by atoms with Crippen molar-refractivity contribution in [3.05, 3.63) is 11.5 Å². The summed E-state index contributed by atoms with van der Waals surface area (Å²) in [6.07, 6.45) is 1.94. The minimum Gasteiger partial charge on any atom is -0.224 e. The van der Waals surface area contributed by atoms with Crippen LogP contribution in [-0.2, 0) is 9.84 Å². The van der Waals surface area contributed by atoms with E-state index in [0.29, 0.717) is 6.42 Å². The number of hydrogen-bond donors (Lipinski definition) is 0. The van der Waals surface area contributed by atoms with Gasteiger partial charge in [0.05, 0.1) is 7.12 Å². The highest BCUT2D eigenvalue weighted by molar-refractivity contribution is 7.94. The Morgan fingerprint density at radius 3 is 2.57 bits per heavy atom. The molecule has 0 saturated carbocycles. The summed E-state index contributed by atoms with van der Waals surface area (Å²) in [5.41, 5.74) is 0. The molecule has 1 heterocycles. The van der Waals surface area contributed by atoms with Crippen molar-refractivity contribution in [3.8, 4) is 0 Å². The molecule has 3 heteroatoms. The molecule has 0 unspecified atom stereocenters. The second kappa shape index (κ2) is 1.33. The minimum absolute atomic E-state index is 0.131. The average molecular weight is 119 g/mol. The van der Waals surface area contributed by atoms with Gasteiger partial charge in [-0.2, -0.15) is 0 Å². The Morgan fingerprint density at radius 1 is 1.71 bits per heavy atom. The van der Waals surface area contributed by atoms with E-state index in [9.17, 15) is 8.42 Å². The molecule has 7 heavy (non-hydrogen) atoms. The summed E-state index contributed by atoms with van der Waals surface area (Å²) in [5.74, 6) is 0.131. The van der Waals surface area contributed by atoms with Crippen LogP contribution in [0.2, 0.25) is 0 Å². The molecule has 0 aliphatic carbocycles. The highest BCUT2D eigenvalue weighted by Gasteiger charge is 2.08. The van der Waals surface area contributed by atoms with E-state index in [1.807, 2.05) is 0 Å². The van der Waals surface area contributed by atoms with Gasteiger partial charge >= 0.3 is 0 Å². The first-order valence-corrected chi connectivity index (χ1v) is 3.68. The highest BCUT2D eigenvalue weighted by atomic mass is 32.2. The molecule has 0 bridgehead atoms. The Kier molecular flexibility index (Phi) is 0.697. The SMILES string of the molecule is [2H]C1=CCCS1(=O)=O. The second-order valence-electron chi connectivity index (χ2n) is 1.43. The van der Waals surface area contributed by atoms with E-state index in [4.69, 9.17) is 1.37 Å². The van der Waals surface area contributed by atoms with Crippen LogP contribution in [0, 0.1) is 0 Å². The largest absolute Gasteiger partial charge is 0.224 e. The van der Waals surface area contributed by atoms with Gasteiger partial charge in [0.2, 0.25) is 0 Å². The standard InChI is InChI=1S/C4H6O2S/c5-7(6)3-1-2-4-7/h1,3H,2,4H2/i3D. The maximum Gasteiger partial charge on any atom is 0.171 e. The van der Waals surface area contributed by atoms with E-state index in [0.717, 1.165) is 0 Å². The summed E-state index contributed by atoms with van der Waals surface area (Å²) >= 11 is 0. The zero-order valence-corrected chi connectivity index (χ0v) is 4.53. The molecule has 0 amide bonds. The lowest BCUT2D eigenvalue weighted by atomic mass is 10.5. The fraction of sp³-hybridized carbons (Fsp3) is 0.500. The third-order valence-corrected chi connectivity index (χ3v) is 2.09. The van der Waals surface area contributed by atoms with Gasteiger partial charge < -0.3 is 0 Å². The number of sulfone groups is 1. The Balaban J connectivity index is 3.08. The van der Waals surface area contributed by atoms with Crippen molar-refractivity contribution in [1.82, 2.24) is 0 Å². The van der Waals surface area contributed by atoms with E-state index in [1.54, 1.807) is 0 Å². The van der Waals surface area contributed by atoms with Crippen molar-refractivity contribution in [1.29, 1.82) is 0 Å². The Labute approximate surface area is 44.2 Å². The van der Waals surface area contributed by atoms with Crippen LogP contribution < -0.4 is 0 Å². The van der Waals surface area contributed by atoms with Gasteiger partial charge in [0, 0.05) is 5.38 Å². The summed E-state index contributed by atoms with van der Waals surface area (Å²) in [4.78, 5) is 0. The molecule has 1 rings (SSSR count). The fourth-order valence-electron chi connectivity index (χ4n) is 0.459. The molecular weight excluding hydrogens is 112 g/mol. The van der Waals surface area contributed by atoms with Gasteiger partial charge in [-0.25, -0.2) is 8.42 Å². The van der Waals surface area contributed by atoms with E-state index >= 15 is 0 Å². The maximum absolute atomic E-state index is 10.5.